The Balaban J connectivity index is 2.05. The van der Waals surface area contributed by atoms with Gasteiger partial charge in [-0.05, 0) is 48.2 Å². The SMILES string of the molecule is CCCCc1ccc(NC(=O)C[C@@H](NS(C)(=O)=O)c2ccc(F)cc2)cc1. The highest BCUT2D eigenvalue weighted by Gasteiger charge is 2.20. The van der Waals surface area contributed by atoms with Gasteiger partial charge in [-0.25, -0.2) is 17.5 Å². The number of rotatable bonds is 9. The lowest BCUT2D eigenvalue weighted by Gasteiger charge is -2.18. The largest absolute Gasteiger partial charge is 0.326 e. The van der Waals surface area contributed by atoms with Gasteiger partial charge in [0, 0.05) is 12.1 Å². The van der Waals surface area contributed by atoms with Crippen LogP contribution in [0, 0.1) is 5.82 Å². The van der Waals surface area contributed by atoms with Gasteiger partial charge < -0.3 is 5.32 Å². The predicted molar refractivity (Wildman–Crippen MR) is 105 cm³/mol. The van der Waals surface area contributed by atoms with Crippen LogP contribution in [0.5, 0.6) is 0 Å². The summed E-state index contributed by atoms with van der Waals surface area (Å²) in [6, 6.07) is 12.2. The number of anilines is 1. The second kappa shape index (κ2) is 9.62. The van der Waals surface area contributed by atoms with Gasteiger partial charge in [-0.1, -0.05) is 37.6 Å². The van der Waals surface area contributed by atoms with Crippen LogP contribution in [0.15, 0.2) is 48.5 Å². The molecular weight excluding hydrogens is 367 g/mol. The van der Waals surface area contributed by atoms with E-state index in [-0.39, 0.29) is 12.3 Å². The fraction of sp³-hybridized carbons (Fsp3) is 0.350. The maximum atomic E-state index is 13.1. The van der Waals surface area contributed by atoms with Crippen molar-refractivity contribution in [2.45, 2.75) is 38.6 Å². The molecule has 0 saturated heterocycles. The van der Waals surface area contributed by atoms with Gasteiger partial charge in [0.2, 0.25) is 15.9 Å². The van der Waals surface area contributed by atoms with Gasteiger partial charge in [0.25, 0.3) is 0 Å². The first-order valence-electron chi connectivity index (χ1n) is 8.88. The van der Waals surface area contributed by atoms with Crippen LogP contribution >= 0.6 is 0 Å². The van der Waals surface area contributed by atoms with Crippen LogP contribution in [0.2, 0.25) is 0 Å². The van der Waals surface area contributed by atoms with Crippen molar-refractivity contribution in [3.8, 4) is 0 Å². The van der Waals surface area contributed by atoms with Crippen LogP contribution in [0.1, 0.15) is 43.4 Å². The van der Waals surface area contributed by atoms with Crippen LogP contribution in [0.4, 0.5) is 10.1 Å². The van der Waals surface area contributed by atoms with Crippen molar-refractivity contribution in [2.75, 3.05) is 11.6 Å². The number of unbranched alkanes of at least 4 members (excludes halogenated alkanes) is 1. The Bertz CT molecular complexity index is 850. The van der Waals surface area contributed by atoms with Crippen LogP contribution in [-0.2, 0) is 21.2 Å². The minimum absolute atomic E-state index is 0.101. The molecule has 0 heterocycles. The Morgan fingerprint density at radius 1 is 1.07 bits per heavy atom. The van der Waals surface area contributed by atoms with Crippen molar-refractivity contribution in [3.05, 3.63) is 65.5 Å². The maximum absolute atomic E-state index is 13.1. The molecule has 1 atom stereocenters. The minimum atomic E-state index is -3.54. The van der Waals surface area contributed by atoms with E-state index in [0.29, 0.717) is 11.3 Å². The standard InChI is InChI=1S/C20H25FN2O3S/c1-3-4-5-15-6-12-18(13-7-15)22-20(24)14-19(23-27(2,25)26)16-8-10-17(21)11-9-16/h6-13,19,23H,3-5,14H2,1-2H3,(H,22,24)/t19-/m1/s1. The third-order valence-electron chi connectivity index (χ3n) is 4.07. The first-order chi connectivity index (χ1) is 12.8. The number of halogens is 1. The number of hydrogen-bond donors (Lipinski definition) is 2. The number of carbonyl (C=O) groups excluding carboxylic acids is 1. The summed E-state index contributed by atoms with van der Waals surface area (Å²) in [5.74, 6) is -0.758. The zero-order chi connectivity index (χ0) is 19.9. The fourth-order valence-corrected chi connectivity index (χ4v) is 3.45. The molecule has 2 N–H and O–H groups in total. The molecule has 0 aliphatic heterocycles. The lowest BCUT2D eigenvalue weighted by atomic mass is 10.0. The second-order valence-electron chi connectivity index (χ2n) is 6.55. The third kappa shape index (κ3) is 7.48. The molecule has 0 aliphatic carbocycles. The Hall–Kier alpha value is -2.25. The lowest BCUT2D eigenvalue weighted by molar-refractivity contribution is -0.116. The molecule has 0 bridgehead atoms. The van der Waals surface area contributed by atoms with Crippen molar-refractivity contribution in [3.63, 3.8) is 0 Å². The molecule has 27 heavy (non-hydrogen) atoms. The number of hydrogen-bond acceptors (Lipinski definition) is 3. The molecule has 5 nitrogen and oxygen atoms in total. The second-order valence-corrected chi connectivity index (χ2v) is 8.33. The monoisotopic (exact) mass is 392 g/mol. The number of benzene rings is 2. The van der Waals surface area contributed by atoms with Crippen molar-refractivity contribution in [2.24, 2.45) is 0 Å². The third-order valence-corrected chi connectivity index (χ3v) is 4.79. The Morgan fingerprint density at radius 3 is 2.26 bits per heavy atom. The number of nitrogens with one attached hydrogen (secondary N) is 2. The quantitative estimate of drug-likeness (QED) is 0.682. The van der Waals surface area contributed by atoms with E-state index < -0.39 is 21.9 Å². The Kier molecular flexibility index (Phi) is 7.50. The molecule has 2 aromatic rings. The smallest absolute Gasteiger partial charge is 0.226 e. The maximum Gasteiger partial charge on any atom is 0.226 e. The van der Waals surface area contributed by atoms with E-state index in [2.05, 4.69) is 17.0 Å². The summed E-state index contributed by atoms with van der Waals surface area (Å²) >= 11 is 0. The number of carbonyl (C=O) groups is 1. The fourth-order valence-electron chi connectivity index (χ4n) is 2.71. The Labute approximate surface area is 160 Å². The average Bonchev–Trinajstić information content (AvgIpc) is 2.60. The van der Waals surface area contributed by atoms with E-state index >= 15 is 0 Å². The summed E-state index contributed by atoms with van der Waals surface area (Å²) in [4.78, 5) is 12.4. The summed E-state index contributed by atoms with van der Waals surface area (Å²) in [6.07, 6.45) is 4.15. The first kappa shape index (κ1) is 21.1. The van der Waals surface area contributed by atoms with Crippen molar-refractivity contribution in [1.29, 1.82) is 0 Å². The number of sulfonamides is 1. The molecule has 0 radical (unpaired) electrons. The zero-order valence-corrected chi connectivity index (χ0v) is 16.4. The molecule has 1 amide bonds. The van der Waals surface area contributed by atoms with Gasteiger partial charge in [-0.2, -0.15) is 0 Å². The summed E-state index contributed by atoms with van der Waals surface area (Å²) in [5.41, 5.74) is 2.38. The van der Waals surface area contributed by atoms with Crippen molar-refractivity contribution < 1.29 is 17.6 Å². The highest BCUT2D eigenvalue weighted by molar-refractivity contribution is 7.88. The lowest BCUT2D eigenvalue weighted by Crippen LogP contribution is -2.30. The highest BCUT2D eigenvalue weighted by Crippen LogP contribution is 2.20. The molecule has 0 fully saturated rings. The van der Waals surface area contributed by atoms with E-state index in [1.807, 2.05) is 24.3 Å². The highest BCUT2D eigenvalue weighted by atomic mass is 32.2. The molecule has 0 saturated carbocycles. The molecular formula is C20H25FN2O3S. The molecule has 7 heteroatoms. The average molecular weight is 392 g/mol. The summed E-state index contributed by atoms with van der Waals surface area (Å²) in [7, 11) is -3.54. The summed E-state index contributed by atoms with van der Waals surface area (Å²) in [5, 5.41) is 2.77. The summed E-state index contributed by atoms with van der Waals surface area (Å²) in [6.45, 7) is 2.14. The van der Waals surface area contributed by atoms with Crippen molar-refractivity contribution >= 4 is 21.6 Å². The minimum Gasteiger partial charge on any atom is -0.326 e. The molecule has 0 aliphatic rings. The molecule has 0 unspecified atom stereocenters. The predicted octanol–water partition coefficient (Wildman–Crippen LogP) is 3.79. The van der Waals surface area contributed by atoms with Gasteiger partial charge in [0.05, 0.1) is 12.3 Å². The summed E-state index contributed by atoms with van der Waals surface area (Å²) < 4.78 is 38.8. The number of amides is 1. The van der Waals surface area contributed by atoms with Crippen LogP contribution < -0.4 is 10.0 Å². The topological polar surface area (TPSA) is 75.3 Å². The van der Waals surface area contributed by atoms with Crippen LogP contribution in [0.25, 0.3) is 0 Å². The van der Waals surface area contributed by atoms with Gasteiger partial charge >= 0.3 is 0 Å². The van der Waals surface area contributed by atoms with E-state index in [9.17, 15) is 17.6 Å². The van der Waals surface area contributed by atoms with E-state index in [1.165, 1.54) is 29.8 Å². The molecule has 2 rings (SSSR count). The van der Waals surface area contributed by atoms with Crippen LogP contribution in [-0.4, -0.2) is 20.6 Å². The van der Waals surface area contributed by atoms with Crippen LogP contribution in [0.3, 0.4) is 0 Å². The molecule has 2 aromatic carbocycles. The first-order valence-corrected chi connectivity index (χ1v) is 10.8. The number of aryl methyl sites for hydroxylation is 1. The van der Waals surface area contributed by atoms with Crippen molar-refractivity contribution in [1.82, 2.24) is 4.72 Å². The van der Waals surface area contributed by atoms with E-state index in [4.69, 9.17) is 0 Å². The van der Waals surface area contributed by atoms with E-state index in [1.54, 1.807) is 0 Å². The normalized spacial score (nSPS) is 12.6. The van der Waals surface area contributed by atoms with Gasteiger partial charge in [-0.3, -0.25) is 4.79 Å². The molecule has 0 spiro atoms. The molecule has 0 aromatic heterocycles. The van der Waals surface area contributed by atoms with E-state index in [0.717, 1.165) is 25.5 Å². The van der Waals surface area contributed by atoms with Gasteiger partial charge in [-0.15, -0.1) is 0 Å². The van der Waals surface area contributed by atoms with Gasteiger partial charge in [0.15, 0.2) is 0 Å². The zero-order valence-electron chi connectivity index (χ0n) is 15.5. The Morgan fingerprint density at radius 2 is 1.70 bits per heavy atom. The molecule has 146 valence electrons. The van der Waals surface area contributed by atoms with Gasteiger partial charge in [0.1, 0.15) is 5.82 Å².